The van der Waals surface area contributed by atoms with E-state index in [0.717, 1.165) is 0 Å². The zero-order valence-corrected chi connectivity index (χ0v) is 9.96. The molecule has 0 bridgehead atoms. The van der Waals surface area contributed by atoms with Gasteiger partial charge < -0.3 is 4.52 Å². The van der Waals surface area contributed by atoms with Crippen molar-refractivity contribution >= 4 is 24.3 Å². The maximum atomic E-state index is 12.4. The monoisotopic (exact) mass is 232 g/mol. The summed E-state index contributed by atoms with van der Waals surface area (Å²) >= 11 is 5.91. The number of hydrogen-bond acceptors (Lipinski definition) is 2. The van der Waals surface area contributed by atoms with Crippen molar-refractivity contribution in [3.8, 4) is 0 Å². The van der Waals surface area contributed by atoms with E-state index >= 15 is 0 Å². The molecular formula is C10H14ClO2P. The van der Waals surface area contributed by atoms with E-state index in [9.17, 15) is 4.57 Å². The highest BCUT2D eigenvalue weighted by molar-refractivity contribution is 7.69. The van der Waals surface area contributed by atoms with Crippen LogP contribution in [0.1, 0.15) is 13.8 Å². The summed E-state index contributed by atoms with van der Waals surface area (Å²) < 4.78 is 17.7. The highest BCUT2D eigenvalue weighted by Gasteiger charge is 2.30. The first kappa shape index (κ1) is 11.8. The van der Waals surface area contributed by atoms with Gasteiger partial charge in [-0.15, -0.1) is 11.6 Å². The van der Waals surface area contributed by atoms with Gasteiger partial charge in [-0.05, 0) is 26.0 Å². The van der Waals surface area contributed by atoms with Crippen molar-refractivity contribution < 1.29 is 9.09 Å². The second-order valence-corrected chi connectivity index (χ2v) is 6.63. The van der Waals surface area contributed by atoms with E-state index in [-0.39, 0.29) is 0 Å². The zero-order valence-electron chi connectivity index (χ0n) is 8.31. The summed E-state index contributed by atoms with van der Waals surface area (Å²) in [6.07, 6.45) is 0. The van der Waals surface area contributed by atoms with Crippen LogP contribution in [0.5, 0.6) is 0 Å². The summed E-state index contributed by atoms with van der Waals surface area (Å²) in [5, 5.41) is 0.189. The first-order chi connectivity index (χ1) is 6.61. The van der Waals surface area contributed by atoms with Crippen LogP contribution in [0.4, 0.5) is 0 Å². The first-order valence-electron chi connectivity index (χ1n) is 4.55. The van der Waals surface area contributed by atoms with Gasteiger partial charge >= 0.3 is 0 Å². The Morgan fingerprint density at radius 3 is 2.43 bits per heavy atom. The largest absolute Gasteiger partial charge is 0.325 e. The molecule has 0 saturated carbocycles. The molecule has 0 aliphatic heterocycles. The molecule has 2 atom stereocenters. The van der Waals surface area contributed by atoms with Crippen molar-refractivity contribution in [1.29, 1.82) is 0 Å². The molecule has 0 heterocycles. The number of rotatable bonds is 4. The molecule has 14 heavy (non-hydrogen) atoms. The van der Waals surface area contributed by atoms with E-state index < -0.39 is 12.5 Å². The van der Waals surface area contributed by atoms with Crippen molar-refractivity contribution in [2.75, 3.05) is 6.61 Å². The molecule has 4 heteroatoms. The van der Waals surface area contributed by atoms with Gasteiger partial charge in [-0.1, -0.05) is 18.2 Å². The van der Waals surface area contributed by atoms with E-state index in [4.69, 9.17) is 16.1 Å². The molecule has 0 aromatic heterocycles. The Labute approximate surface area is 89.7 Å². The van der Waals surface area contributed by atoms with E-state index in [1.54, 1.807) is 19.1 Å². The molecule has 2 nitrogen and oxygen atoms in total. The normalized spacial score (nSPS) is 17.4. The molecule has 78 valence electrons. The molecule has 1 aromatic carbocycles. The maximum absolute atomic E-state index is 12.4. The first-order valence-corrected chi connectivity index (χ1v) is 6.68. The van der Waals surface area contributed by atoms with Gasteiger partial charge in [-0.25, -0.2) is 0 Å². The van der Waals surface area contributed by atoms with Gasteiger partial charge in [0.2, 0.25) is 7.37 Å². The van der Waals surface area contributed by atoms with Crippen LogP contribution in [-0.2, 0) is 9.09 Å². The highest BCUT2D eigenvalue weighted by atomic mass is 35.5. The molecule has 0 saturated heterocycles. The van der Waals surface area contributed by atoms with Crippen molar-refractivity contribution in [2.45, 2.75) is 19.0 Å². The Bertz CT molecular complexity index is 324. The number of benzene rings is 1. The minimum absolute atomic E-state index is 0.406. The Morgan fingerprint density at radius 1 is 1.43 bits per heavy atom. The van der Waals surface area contributed by atoms with Crippen molar-refractivity contribution in [1.82, 2.24) is 0 Å². The molecule has 0 aliphatic carbocycles. The van der Waals surface area contributed by atoms with E-state index in [2.05, 4.69) is 0 Å². The molecule has 0 fully saturated rings. The summed E-state index contributed by atoms with van der Waals surface area (Å²) in [5.41, 5.74) is 0. The number of alkyl halides is 1. The van der Waals surface area contributed by atoms with Gasteiger partial charge in [0.1, 0.15) is 5.12 Å². The summed E-state index contributed by atoms with van der Waals surface area (Å²) in [6.45, 7) is 3.92. The minimum Gasteiger partial charge on any atom is -0.325 e. The third kappa shape index (κ3) is 2.38. The summed E-state index contributed by atoms with van der Waals surface area (Å²) in [4.78, 5) is 0. The fraction of sp³-hybridized carbons (Fsp3) is 0.400. The lowest BCUT2D eigenvalue weighted by molar-refractivity contribution is 0.339. The van der Waals surface area contributed by atoms with Crippen molar-refractivity contribution in [3.63, 3.8) is 0 Å². The van der Waals surface area contributed by atoms with Crippen LogP contribution < -0.4 is 5.30 Å². The van der Waals surface area contributed by atoms with Gasteiger partial charge in [-0.3, -0.25) is 4.57 Å². The summed E-state index contributed by atoms with van der Waals surface area (Å²) in [6, 6.07) is 9.11. The molecular weight excluding hydrogens is 219 g/mol. The van der Waals surface area contributed by atoms with Crippen LogP contribution in [0.15, 0.2) is 30.3 Å². The maximum Gasteiger partial charge on any atom is 0.249 e. The van der Waals surface area contributed by atoms with Gasteiger partial charge in [0.25, 0.3) is 0 Å². The third-order valence-corrected chi connectivity index (χ3v) is 5.27. The van der Waals surface area contributed by atoms with Crippen LogP contribution in [0.2, 0.25) is 0 Å². The SMILES string of the molecule is CCOP(=O)(c1ccccc1)C(C)Cl. The van der Waals surface area contributed by atoms with Gasteiger partial charge in [0, 0.05) is 5.30 Å². The standard InChI is InChI=1S/C10H14ClO2P/c1-3-13-14(12,9(2)11)10-7-5-4-6-8-10/h4-9H,3H2,1-2H3. The number of hydrogen-bond donors (Lipinski definition) is 0. The minimum atomic E-state index is -2.88. The number of halogens is 1. The quantitative estimate of drug-likeness (QED) is 0.589. The van der Waals surface area contributed by atoms with Crippen LogP contribution >= 0.6 is 19.0 Å². The van der Waals surface area contributed by atoms with Gasteiger partial charge in [0.05, 0.1) is 6.61 Å². The topological polar surface area (TPSA) is 26.3 Å². The lowest BCUT2D eigenvalue weighted by atomic mass is 10.4. The van der Waals surface area contributed by atoms with E-state index in [1.807, 2.05) is 25.1 Å². The molecule has 0 N–H and O–H groups in total. The second-order valence-electron chi connectivity index (χ2n) is 2.92. The Morgan fingerprint density at radius 2 is 2.00 bits per heavy atom. The average Bonchev–Trinajstić information content (AvgIpc) is 2.19. The van der Waals surface area contributed by atoms with Crippen LogP contribution in [0, 0.1) is 0 Å². The molecule has 1 aromatic rings. The van der Waals surface area contributed by atoms with Crippen LogP contribution in [0.3, 0.4) is 0 Å². The van der Waals surface area contributed by atoms with Crippen LogP contribution in [-0.4, -0.2) is 11.7 Å². The fourth-order valence-corrected chi connectivity index (χ4v) is 3.45. The summed E-state index contributed by atoms with van der Waals surface area (Å²) in [5.74, 6) is 0. The molecule has 0 radical (unpaired) electrons. The fourth-order valence-electron chi connectivity index (χ4n) is 1.21. The summed E-state index contributed by atoms with van der Waals surface area (Å²) in [7, 11) is -2.88. The van der Waals surface area contributed by atoms with Crippen LogP contribution in [0.25, 0.3) is 0 Å². The second kappa shape index (κ2) is 4.97. The third-order valence-electron chi connectivity index (χ3n) is 1.91. The molecule has 2 unspecified atom stereocenters. The predicted molar refractivity (Wildman–Crippen MR) is 60.6 cm³/mol. The van der Waals surface area contributed by atoms with Crippen molar-refractivity contribution in [3.05, 3.63) is 30.3 Å². The molecule has 0 aliphatic rings. The Balaban J connectivity index is 3.07. The lowest BCUT2D eigenvalue weighted by Crippen LogP contribution is -2.13. The molecule has 0 amide bonds. The van der Waals surface area contributed by atoms with E-state index in [1.165, 1.54) is 0 Å². The smallest absolute Gasteiger partial charge is 0.249 e. The average molecular weight is 233 g/mol. The van der Waals surface area contributed by atoms with E-state index in [0.29, 0.717) is 11.9 Å². The van der Waals surface area contributed by atoms with Gasteiger partial charge in [0.15, 0.2) is 0 Å². The Hall–Kier alpha value is -0.300. The molecule has 0 spiro atoms. The Kier molecular flexibility index (Phi) is 4.18. The highest BCUT2D eigenvalue weighted by Crippen LogP contribution is 2.52. The lowest BCUT2D eigenvalue weighted by Gasteiger charge is -2.20. The predicted octanol–water partition coefficient (Wildman–Crippen LogP) is 3.21. The van der Waals surface area contributed by atoms with Gasteiger partial charge in [-0.2, -0.15) is 0 Å². The van der Waals surface area contributed by atoms with Crippen molar-refractivity contribution in [2.24, 2.45) is 0 Å². The zero-order chi connectivity index (χ0) is 10.6. The molecule has 1 rings (SSSR count).